The fourth-order valence-corrected chi connectivity index (χ4v) is 4.32. The number of carbonyl (C=O) groups excluding carboxylic acids is 2. The maximum absolute atomic E-state index is 12.1. The maximum Gasteiger partial charge on any atom is 0.253 e. The van der Waals surface area contributed by atoms with E-state index < -0.39 is 27.4 Å². The van der Waals surface area contributed by atoms with E-state index in [9.17, 15) is 18.0 Å². The molecule has 0 bridgehead atoms. The van der Waals surface area contributed by atoms with Crippen molar-refractivity contribution in [2.75, 3.05) is 18.1 Å². The molecule has 10 heteroatoms. The highest BCUT2D eigenvalue weighted by Crippen LogP contribution is 2.27. The molecule has 7 nitrogen and oxygen atoms in total. The summed E-state index contributed by atoms with van der Waals surface area (Å²) in [7, 11) is -3.56. The molecule has 0 aromatic heterocycles. The second-order valence-corrected chi connectivity index (χ2v) is 9.83. The molecule has 2 aromatic rings. The van der Waals surface area contributed by atoms with Crippen LogP contribution >= 0.6 is 23.2 Å². The molecule has 2 rings (SSSR count). The van der Waals surface area contributed by atoms with Crippen molar-refractivity contribution in [2.45, 2.75) is 25.7 Å². The van der Waals surface area contributed by atoms with E-state index >= 15 is 0 Å². The van der Waals surface area contributed by atoms with Crippen molar-refractivity contribution in [3.05, 3.63) is 64.1 Å². The minimum Gasteiger partial charge on any atom is -0.492 e. The molecular weight excluding hydrogens is 463 g/mol. The zero-order valence-electron chi connectivity index (χ0n) is 16.8. The summed E-state index contributed by atoms with van der Waals surface area (Å²) < 4.78 is 29.6. The number of hydrogen-bond donors (Lipinski definition) is 2. The fraction of sp³-hybridized carbons (Fsp3) is 0.333. The largest absolute Gasteiger partial charge is 0.492 e. The van der Waals surface area contributed by atoms with Gasteiger partial charge in [-0.2, -0.15) is 0 Å². The average molecular weight is 487 g/mol. The summed E-state index contributed by atoms with van der Waals surface area (Å²) >= 11 is 11.8. The zero-order valence-corrected chi connectivity index (χ0v) is 19.1. The monoisotopic (exact) mass is 486 g/mol. The summed E-state index contributed by atoms with van der Waals surface area (Å²) in [6.45, 7) is 0.235. The highest BCUT2D eigenvalue weighted by atomic mass is 35.5. The summed E-state index contributed by atoms with van der Waals surface area (Å²) in [5.41, 5.74) is 5.37. The van der Waals surface area contributed by atoms with E-state index in [1.165, 1.54) is 0 Å². The van der Waals surface area contributed by atoms with Gasteiger partial charge in [-0.25, -0.2) is 8.42 Å². The highest BCUT2D eigenvalue weighted by molar-refractivity contribution is 7.92. The van der Waals surface area contributed by atoms with E-state index in [4.69, 9.17) is 27.9 Å². The highest BCUT2D eigenvalue weighted by Gasteiger charge is 2.17. The lowest BCUT2D eigenvalue weighted by Crippen LogP contribution is -2.44. The number of benzene rings is 2. The van der Waals surface area contributed by atoms with Crippen molar-refractivity contribution in [2.24, 2.45) is 0 Å². The summed E-state index contributed by atoms with van der Waals surface area (Å²) in [6.07, 6.45) is 1.49. The minimum atomic E-state index is -3.56. The summed E-state index contributed by atoms with van der Waals surface area (Å²) in [4.78, 5) is 23.6. The smallest absolute Gasteiger partial charge is 0.253 e. The van der Waals surface area contributed by atoms with Crippen LogP contribution in [0.1, 0.15) is 24.8 Å². The Hall–Kier alpha value is -2.29. The normalized spacial score (nSPS) is 11.0. The predicted octanol–water partition coefficient (Wildman–Crippen LogP) is 3.35. The van der Waals surface area contributed by atoms with Gasteiger partial charge in [0.25, 0.3) is 5.91 Å². The van der Waals surface area contributed by atoms with Crippen LogP contribution in [0.4, 0.5) is 0 Å². The topological polar surface area (TPSA) is 102 Å². The Labute approximate surface area is 192 Å². The molecule has 0 saturated heterocycles. The van der Waals surface area contributed by atoms with Crippen molar-refractivity contribution >= 4 is 44.9 Å². The van der Waals surface area contributed by atoms with Crippen LogP contribution in [0, 0.1) is 0 Å². The third kappa shape index (κ3) is 10.0. The molecule has 168 valence electrons. The number of amides is 2. The number of nitrogens with one attached hydrogen (secondary N) is 2. The Balaban J connectivity index is 1.60. The first-order valence-corrected chi connectivity index (χ1v) is 12.2. The summed E-state index contributed by atoms with van der Waals surface area (Å²) in [5, 5.41) is 0.861. The van der Waals surface area contributed by atoms with Crippen molar-refractivity contribution in [1.82, 2.24) is 10.9 Å². The van der Waals surface area contributed by atoms with E-state index in [1.54, 1.807) is 18.2 Å². The molecule has 0 saturated carbocycles. The molecule has 0 heterocycles. The Morgan fingerprint density at radius 1 is 0.935 bits per heavy atom. The van der Waals surface area contributed by atoms with Crippen molar-refractivity contribution in [1.29, 1.82) is 0 Å². The van der Waals surface area contributed by atoms with E-state index in [0.717, 1.165) is 5.56 Å². The Kier molecular flexibility index (Phi) is 10.1. The molecule has 0 aliphatic heterocycles. The first kappa shape index (κ1) is 25.0. The first-order valence-electron chi connectivity index (χ1n) is 9.65. The molecule has 0 fully saturated rings. The lowest BCUT2D eigenvalue weighted by molar-refractivity contribution is -0.127. The molecular formula is C21H24Cl2N2O5S. The van der Waals surface area contributed by atoms with Gasteiger partial charge in [-0.1, -0.05) is 53.5 Å². The van der Waals surface area contributed by atoms with Gasteiger partial charge in [0.1, 0.15) is 11.5 Å². The van der Waals surface area contributed by atoms with Crippen LogP contribution < -0.4 is 15.6 Å². The van der Waals surface area contributed by atoms with Crippen LogP contribution in [0.5, 0.6) is 5.75 Å². The molecule has 31 heavy (non-hydrogen) atoms. The van der Waals surface area contributed by atoms with Gasteiger partial charge in [-0.3, -0.25) is 20.4 Å². The fourth-order valence-electron chi connectivity index (χ4n) is 2.66. The summed E-state index contributed by atoms with van der Waals surface area (Å²) in [5.74, 6) is -1.57. The zero-order chi connectivity index (χ0) is 22.7. The number of hydrogen-bond acceptors (Lipinski definition) is 5. The standard InChI is InChI=1S/C21H24Cl2N2O5S/c22-17-10-11-19(18(23)14-17)30-12-4-9-20(26)24-25-21(27)15-31(28,29)13-5-8-16-6-2-1-3-7-16/h1-3,6-7,10-11,14H,4-5,8-9,12-13,15H2,(H,24,26)(H,25,27). The van der Waals surface area contributed by atoms with Crippen LogP contribution in [-0.2, 0) is 25.8 Å². The average Bonchev–Trinajstić information content (AvgIpc) is 2.71. The number of ether oxygens (including phenoxy) is 1. The molecule has 0 aliphatic carbocycles. The number of rotatable bonds is 11. The third-order valence-corrected chi connectivity index (χ3v) is 6.30. The van der Waals surface area contributed by atoms with Crippen LogP contribution in [0.2, 0.25) is 10.0 Å². The van der Waals surface area contributed by atoms with Gasteiger partial charge in [0.05, 0.1) is 17.4 Å². The second kappa shape index (κ2) is 12.5. The Morgan fingerprint density at radius 3 is 2.35 bits per heavy atom. The van der Waals surface area contributed by atoms with Gasteiger partial charge >= 0.3 is 0 Å². The lowest BCUT2D eigenvalue weighted by Gasteiger charge is -2.10. The van der Waals surface area contributed by atoms with Gasteiger partial charge < -0.3 is 4.74 Å². The third-order valence-electron chi connectivity index (χ3n) is 4.16. The van der Waals surface area contributed by atoms with Gasteiger partial charge in [-0.05, 0) is 43.0 Å². The van der Waals surface area contributed by atoms with Crippen LogP contribution in [-0.4, -0.2) is 38.3 Å². The van der Waals surface area contributed by atoms with E-state index in [0.29, 0.717) is 35.1 Å². The van der Waals surface area contributed by atoms with E-state index in [2.05, 4.69) is 10.9 Å². The number of hydrazine groups is 1. The molecule has 2 aromatic carbocycles. The Bertz CT molecular complexity index is 985. The Morgan fingerprint density at radius 2 is 1.65 bits per heavy atom. The van der Waals surface area contributed by atoms with E-state index in [-0.39, 0.29) is 18.8 Å². The molecule has 0 spiro atoms. The van der Waals surface area contributed by atoms with Gasteiger partial charge in [0, 0.05) is 11.4 Å². The molecule has 0 aliphatic rings. The minimum absolute atomic E-state index is 0.0787. The van der Waals surface area contributed by atoms with Crippen molar-refractivity contribution < 1.29 is 22.7 Å². The van der Waals surface area contributed by atoms with Crippen LogP contribution in [0.15, 0.2) is 48.5 Å². The van der Waals surface area contributed by atoms with Crippen LogP contribution in [0.25, 0.3) is 0 Å². The molecule has 2 N–H and O–H groups in total. The predicted molar refractivity (Wildman–Crippen MR) is 121 cm³/mol. The number of halogens is 2. The van der Waals surface area contributed by atoms with E-state index in [1.807, 2.05) is 30.3 Å². The molecule has 2 amide bonds. The molecule has 0 atom stereocenters. The SMILES string of the molecule is O=C(CCCOc1ccc(Cl)cc1Cl)NNC(=O)CS(=O)(=O)CCCc1ccccc1. The van der Waals surface area contributed by atoms with Crippen LogP contribution in [0.3, 0.4) is 0 Å². The first-order chi connectivity index (χ1) is 14.7. The number of carbonyl (C=O) groups is 2. The van der Waals surface area contributed by atoms with Gasteiger partial charge in [0.15, 0.2) is 9.84 Å². The molecule has 0 unspecified atom stereocenters. The number of sulfone groups is 1. The van der Waals surface area contributed by atoms with Gasteiger partial charge in [0.2, 0.25) is 5.91 Å². The lowest BCUT2D eigenvalue weighted by atomic mass is 10.1. The van der Waals surface area contributed by atoms with Crippen molar-refractivity contribution in [3.63, 3.8) is 0 Å². The number of aryl methyl sites for hydroxylation is 1. The van der Waals surface area contributed by atoms with Gasteiger partial charge in [-0.15, -0.1) is 0 Å². The van der Waals surface area contributed by atoms with Crippen molar-refractivity contribution in [3.8, 4) is 5.75 Å². The molecule has 0 radical (unpaired) electrons. The maximum atomic E-state index is 12.1. The summed E-state index contributed by atoms with van der Waals surface area (Å²) in [6, 6.07) is 14.3. The quantitative estimate of drug-likeness (QED) is 0.374. The second-order valence-electron chi connectivity index (χ2n) is 6.80.